The average Bonchev–Trinajstić information content (AvgIpc) is 3.26. The van der Waals surface area contributed by atoms with E-state index >= 15 is 0 Å². The summed E-state index contributed by atoms with van der Waals surface area (Å²) in [5.41, 5.74) is 2.44. The van der Waals surface area contributed by atoms with Crippen molar-refractivity contribution in [3.63, 3.8) is 0 Å². The van der Waals surface area contributed by atoms with Crippen LogP contribution >= 0.6 is 0 Å². The number of amides is 2. The molecule has 2 aromatic heterocycles. The van der Waals surface area contributed by atoms with Crippen LogP contribution in [0.3, 0.4) is 0 Å². The van der Waals surface area contributed by atoms with Gasteiger partial charge in [-0.05, 0) is 63.8 Å². The molecule has 2 amide bonds. The fourth-order valence-corrected chi connectivity index (χ4v) is 5.19. The average molecular weight is 509 g/mol. The SMILES string of the molecule is CC(C)NC(=O)C1CCC(n2/c(=N/C(=O)c3ccc(F)cc3)[nH]c3cnc(N4CCOCC4)cc32)CC1. The summed E-state index contributed by atoms with van der Waals surface area (Å²) in [7, 11) is 0. The highest BCUT2D eigenvalue weighted by Crippen LogP contribution is 2.34. The number of nitrogens with zero attached hydrogens (tertiary/aromatic N) is 4. The molecular weight excluding hydrogens is 475 g/mol. The van der Waals surface area contributed by atoms with Crippen LogP contribution in [0.15, 0.2) is 41.5 Å². The lowest BCUT2D eigenvalue weighted by Gasteiger charge is -2.30. The van der Waals surface area contributed by atoms with Crippen molar-refractivity contribution < 1.29 is 18.7 Å². The van der Waals surface area contributed by atoms with E-state index in [-0.39, 0.29) is 23.9 Å². The number of fused-ring (bicyclic) bond motifs is 1. The molecule has 0 atom stereocenters. The van der Waals surface area contributed by atoms with E-state index in [9.17, 15) is 14.0 Å². The molecule has 196 valence electrons. The lowest BCUT2D eigenvalue weighted by Crippen LogP contribution is -2.38. The van der Waals surface area contributed by atoms with Crippen LogP contribution < -0.4 is 15.8 Å². The van der Waals surface area contributed by atoms with E-state index in [0.29, 0.717) is 24.4 Å². The van der Waals surface area contributed by atoms with Crippen LogP contribution in [0.2, 0.25) is 0 Å². The number of aromatic amines is 1. The summed E-state index contributed by atoms with van der Waals surface area (Å²) in [5.74, 6) is 0.0812. The van der Waals surface area contributed by atoms with Crippen molar-refractivity contribution in [2.45, 2.75) is 51.6 Å². The Morgan fingerprint density at radius 1 is 1.14 bits per heavy atom. The molecule has 9 nitrogen and oxygen atoms in total. The molecule has 1 aliphatic heterocycles. The highest BCUT2D eigenvalue weighted by Gasteiger charge is 2.29. The maximum atomic E-state index is 13.4. The number of aromatic nitrogens is 3. The third kappa shape index (κ3) is 5.58. The number of pyridine rings is 1. The highest BCUT2D eigenvalue weighted by atomic mass is 19.1. The van der Waals surface area contributed by atoms with Crippen LogP contribution in [0.1, 0.15) is 55.9 Å². The second kappa shape index (κ2) is 10.8. The van der Waals surface area contributed by atoms with Gasteiger partial charge in [-0.25, -0.2) is 9.37 Å². The molecule has 0 unspecified atom stereocenters. The van der Waals surface area contributed by atoms with Crippen LogP contribution in [-0.2, 0) is 9.53 Å². The van der Waals surface area contributed by atoms with Gasteiger partial charge >= 0.3 is 0 Å². The quantitative estimate of drug-likeness (QED) is 0.550. The summed E-state index contributed by atoms with van der Waals surface area (Å²) >= 11 is 0. The van der Waals surface area contributed by atoms with Crippen molar-refractivity contribution in [2.75, 3.05) is 31.2 Å². The second-order valence-electron chi connectivity index (χ2n) is 10.1. The van der Waals surface area contributed by atoms with Crippen molar-refractivity contribution in [3.05, 3.63) is 53.5 Å². The molecule has 0 radical (unpaired) electrons. The number of rotatable bonds is 5. The molecular formula is C27H33FN6O3. The number of hydrogen-bond donors (Lipinski definition) is 2. The molecule has 2 aliphatic rings. The zero-order valence-electron chi connectivity index (χ0n) is 21.2. The van der Waals surface area contributed by atoms with E-state index in [0.717, 1.165) is 55.6 Å². The van der Waals surface area contributed by atoms with Crippen molar-refractivity contribution in [2.24, 2.45) is 10.9 Å². The fourth-order valence-electron chi connectivity index (χ4n) is 5.19. The van der Waals surface area contributed by atoms with Gasteiger partial charge in [-0.3, -0.25) is 9.59 Å². The minimum absolute atomic E-state index is 0.0173. The Hall–Kier alpha value is -3.53. The number of morpholine rings is 1. The van der Waals surface area contributed by atoms with Crippen LogP contribution in [-0.4, -0.2) is 58.7 Å². The number of anilines is 1. The van der Waals surface area contributed by atoms with Gasteiger partial charge < -0.3 is 24.5 Å². The van der Waals surface area contributed by atoms with Crippen molar-refractivity contribution in [3.8, 4) is 0 Å². The third-order valence-electron chi connectivity index (χ3n) is 7.10. The van der Waals surface area contributed by atoms with E-state index < -0.39 is 11.7 Å². The molecule has 1 aromatic carbocycles. The first kappa shape index (κ1) is 25.1. The van der Waals surface area contributed by atoms with Crippen LogP contribution in [0.4, 0.5) is 10.2 Å². The first-order chi connectivity index (χ1) is 17.9. The number of nitrogens with one attached hydrogen (secondary N) is 2. The Kier molecular flexibility index (Phi) is 7.36. The molecule has 37 heavy (non-hydrogen) atoms. The number of imidazole rings is 1. The van der Waals surface area contributed by atoms with Crippen LogP contribution in [0, 0.1) is 11.7 Å². The van der Waals surface area contributed by atoms with Gasteiger partial charge in [-0.1, -0.05) is 0 Å². The molecule has 2 fully saturated rings. The number of carbonyl (C=O) groups is 2. The van der Waals surface area contributed by atoms with Crippen molar-refractivity contribution >= 4 is 28.7 Å². The minimum atomic E-state index is -0.452. The van der Waals surface area contributed by atoms with Gasteiger partial charge in [0.25, 0.3) is 5.91 Å². The summed E-state index contributed by atoms with van der Waals surface area (Å²) < 4.78 is 20.9. The second-order valence-corrected chi connectivity index (χ2v) is 10.1. The standard InChI is InChI=1S/C27H33FN6O3/c1-17(2)30-25(35)19-5-9-21(10-6-19)34-23-15-24(33-11-13-37-14-12-33)29-16-22(23)31-27(34)32-26(36)18-3-7-20(28)8-4-18/h3-4,7-8,15-17,19,21H,5-6,9-14H2,1-2H3,(H,30,35)(H,31,32,36). The molecule has 1 saturated carbocycles. The number of halogens is 1. The first-order valence-corrected chi connectivity index (χ1v) is 13.0. The lowest BCUT2D eigenvalue weighted by atomic mass is 9.85. The predicted octanol–water partition coefficient (Wildman–Crippen LogP) is 3.34. The lowest BCUT2D eigenvalue weighted by molar-refractivity contribution is -0.126. The summed E-state index contributed by atoms with van der Waals surface area (Å²) in [6.07, 6.45) is 4.87. The molecule has 1 aliphatic carbocycles. The fraction of sp³-hybridized carbons (Fsp3) is 0.481. The maximum Gasteiger partial charge on any atom is 0.280 e. The molecule has 1 saturated heterocycles. The topological polar surface area (TPSA) is 105 Å². The van der Waals surface area contributed by atoms with E-state index in [2.05, 4.69) is 29.7 Å². The Morgan fingerprint density at radius 3 is 2.51 bits per heavy atom. The minimum Gasteiger partial charge on any atom is -0.378 e. The van der Waals surface area contributed by atoms with E-state index in [1.807, 2.05) is 19.9 Å². The molecule has 3 aromatic rings. The zero-order chi connectivity index (χ0) is 25.9. The Balaban J connectivity index is 1.51. The van der Waals surface area contributed by atoms with Gasteiger partial charge in [-0.2, -0.15) is 4.99 Å². The van der Waals surface area contributed by atoms with E-state index in [1.54, 1.807) is 6.20 Å². The van der Waals surface area contributed by atoms with Gasteiger partial charge in [0.1, 0.15) is 11.6 Å². The molecule has 3 heterocycles. The van der Waals surface area contributed by atoms with Gasteiger partial charge in [0.15, 0.2) is 0 Å². The molecule has 2 N–H and O–H groups in total. The van der Waals surface area contributed by atoms with Crippen molar-refractivity contribution in [1.82, 2.24) is 19.9 Å². The summed E-state index contributed by atoms with van der Waals surface area (Å²) in [5, 5.41) is 3.03. The smallest absolute Gasteiger partial charge is 0.280 e. The molecule has 5 rings (SSSR count). The normalized spacial score (nSPS) is 21.0. The van der Waals surface area contributed by atoms with E-state index in [4.69, 9.17) is 4.74 Å². The Labute approximate surface area is 214 Å². The largest absolute Gasteiger partial charge is 0.378 e. The van der Waals surface area contributed by atoms with Gasteiger partial charge in [-0.15, -0.1) is 0 Å². The van der Waals surface area contributed by atoms with Crippen molar-refractivity contribution in [1.29, 1.82) is 0 Å². The number of benzene rings is 1. The molecule has 10 heteroatoms. The first-order valence-electron chi connectivity index (χ1n) is 13.0. The Morgan fingerprint density at radius 2 is 1.84 bits per heavy atom. The highest BCUT2D eigenvalue weighted by molar-refractivity contribution is 5.95. The van der Waals surface area contributed by atoms with E-state index in [1.165, 1.54) is 24.3 Å². The van der Waals surface area contributed by atoms with Gasteiger partial charge in [0.2, 0.25) is 11.5 Å². The zero-order valence-corrected chi connectivity index (χ0v) is 21.2. The van der Waals surface area contributed by atoms with Gasteiger partial charge in [0.05, 0.1) is 30.4 Å². The van der Waals surface area contributed by atoms with Crippen LogP contribution in [0.5, 0.6) is 0 Å². The molecule has 0 spiro atoms. The summed E-state index contributed by atoms with van der Waals surface area (Å²) in [6, 6.07) is 7.60. The number of hydrogen-bond acceptors (Lipinski definition) is 5. The van der Waals surface area contributed by atoms with Gasteiger partial charge in [0, 0.05) is 42.7 Å². The monoisotopic (exact) mass is 508 g/mol. The van der Waals surface area contributed by atoms with Crippen LogP contribution in [0.25, 0.3) is 11.0 Å². The number of H-pyrrole nitrogens is 1. The Bertz CT molecular complexity index is 1330. The predicted molar refractivity (Wildman–Crippen MR) is 138 cm³/mol. The third-order valence-corrected chi connectivity index (χ3v) is 7.10. The maximum absolute atomic E-state index is 13.4. The summed E-state index contributed by atoms with van der Waals surface area (Å²) in [6.45, 7) is 6.78. The molecule has 0 bridgehead atoms. The number of ether oxygens (including phenoxy) is 1. The number of carbonyl (C=O) groups excluding carboxylic acids is 2. The summed E-state index contributed by atoms with van der Waals surface area (Å²) in [4.78, 5) is 40.1.